The molecule has 0 spiro atoms. The molecule has 0 N–H and O–H groups in total. The summed E-state index contributed by atoms with van der Waals surface area (Å²) in [6.07, 6.45) is 0. The molecule has 0 atom stereocenters. The largest absolute Gasteiger partial charge is 4.00 e. The molecule has 0 unspecified atom stereocenters. The molecule has 0 saturated carbocycles. The van der Waals surface area contributed by atoms with Crippen molar-refractivity contribution in [1.29, 1.82) is 0 Å². The van der Waals surface area contributed by atoms with Crippen molar-refractivity contribution in [3.05, 3.63) is 68.1 Å². The molecule has 1 heteroatoms. The van der Waals surface area contributed by atoms with E-state index in [1.54, 1.807) is 0 Å². The second kappa shape index (κ2) is 10.6. The van der Waals surface area contributed by atoms with Gasteiger partial charge in [0.15, 0.2) is 0 Å². The maximum Gasteiger partial charge on any atom is 4.00 e. The molecular weight excluding hydrogens is 223 g/mol. The molecule has 0 aliphatic carbocycles. The van der Waals surface area contributed by atoms with Gasteiger partial charge in [0, 0.05) is 0 Å². The molecule has 0 fully saturated rings. The van der Waals surface area contributed by atoms with Crippen LogP contribution >= 0.6 is 0 Å². The monoisotopic (exact) mass is 235 g/mol. The molecule has 0 aromatic heterocycles. The van der Waals surface area contributed by atoms with Gasteiger partial charge in [0.1, 0.15) is 0 Å². The summed E-state index contributed by atoms with van der Waals surface area (Å²) in [5, 5.41) is 0. The van der Waals surface area contributed by atoms with Crippen molar-refractivity contribution in [1.82, 2.24) is 0 Å². The van der Waals surface area contributed by atoms with Gasteiger partial charge in [0.2, 0.25) is 0 Å². The Labute approximate surface area is 94.1 Å². The van der Waals surface area contributed by atoms with E-state index >= 15 is 0 Å². The van der Waals surface area contributed by atoms with Crippen LogP contribution in [0.15, 0.2) is 60.7 Å². The fourth-order valence-corrected chi connectivity index (χ4v) is 0.642. The van der Waals surface area contributed by atoms with E-state index < -0.39 is 0 Å². The van der Waals surface area contributed by atoms with E-state index in [-0.39, 0.29) is 33.6 Å². The van der Waals surface area contributed by atoms with Crippen LogP contribution in [0.25, 0.3) is 0 Å². The van der Waals surface area contributed by atoms with Gasteiger partial charge < -0.3 is 7.43 Å². The molecule has 0 saturated heterocycles. The molecule has 0 heterocycles. The van der Waals surface area contributed by atoms with E-state index in [4.69, 9.17) is 0 Å². The topological polar surface area (TPSA) is 0 Å². The first kappa shape index (κ1) is 14.1. The quantitative estimate of drug-likeness (QED) is 0.616. The van der Waals surface area contributed by atoms with Crippen molar-refractivity contribution in [3.8, 4) is 0 Å². The van der Waals surface area contributed by atoms with Crippen LogP contribution in [0, 0.1) is 7.43 Å². The normalized spacial score (nSPS) is 6.67. The van der Waals surface area contributed by atoms with Crippen molar-refractivity contribution < 1.29 is 26.2 Å². The van der Waals surface area contributed by atoms with Crippen LogP contribution in [-0.2, 0) is 26.2 Å². The van der Waals surface area contributed by atoms with Gasteiger partial charge in [-0.2, -0.15) is 36.4 Å². The average molecular weight is 236 g/mol. The summed E-state index contributed by atoms with van der Waals surface area (Å²) < 4.78 is 0. The standard InChI is InChI=1S/2C5H5.CH3.Zr/c2*1-2-4-5-3-1;;/h2*1-5H;1H3;/q3*-1;+4. The van der Waals surface area contributed by atoms with Gasteiger partial charge in [0.05, 0.1) is 0 Å². The molecule has 2 aromatic rings. The minimum absolute atomic E-state index is 0. The Morgan fingerprint density at radius 2 is 0.833 bits per heavy atom. The van der Waals surface area contributed by atoms with Gasteiger partial charge in [-0.3, -0.25) is 0 Å². The van der Waals surface area contributed by atoms with Crippen molar-refractivity contribution in [2.45, 2.75) is 0 Å². The Balaban J connectivity index is 0. The molecule has 0 nitrogen and oxygen atoms in total. The van der Waals surface area contributed by atoms with Crippen LogP contribution in [0.1, 0.15) is 0 Å². The van der Waals surface area contributed by atoms with Crippen LogP contribution < -0.4 is 0 Å². The van der Waals surface area contributed by atoms with Crippen LogP contribution in [0.4, 0.5) is 0 Å². The van der Waals surface area contributed by atoms with Gasteiger partial charge in [-0.05, 0) is 0 Å². The van der Waals surface area contributed by atoms with E-state index in [2.05, 4.69) is 0 Å². The molecular formula is C11H13Zr+. The van der Waals surface area contributed by atoms with Gasteiger partial charge in [-0.25, -0.2) is 24.3 Å². The zero-order valence-electron chi connectivity index (χ0n) is 7.27. The fraction of sp³-hybridized carbons (Fsp3) is 0. The molecule has 60 valence electrons. The van der Waals surface area contributed by atoms with E-state index in [1.165, 1.54) is 0 Å². The molecule has 2 aromatic carbocycles. The Kier molecular flexibility index (Phi) is 12.5. The summed E-state index contributed by atoms with van der Waals surface area (Å²) in [4.78, 5) is 0. The molecule has 2 rings (SSSR count). The van der Waals surface area contributed by atoms with Crippen LogP contribution in [0.5, 0.6) is 0 Å². The predicted molar refractivity (Wildman–Crippen MR) is 50.5 cm³/mol. The summed E-state index contributed by atoms with van der Waals surface area (Å²) >= 11 is 0. The Morgan fingerprint density at radius 1 is 0.583 bits per heavy atom. The van der Waals surface area contributed by atoms with Crippen LogP contribution in [0.3, 0.4) is 0 Å². The Hall–Kier alpha value is -0.417. The van der Waals surface area contributed by atoms with E-state index in [1.807, 2.05) is 60.7 Å². The molecule has 0 bridgehead atoms. The van der Waals surface area contributed by atoms with Crippen molar-refractivity contribution >= 4 is 0 Å². The van der Waals surface area contributed by atoms with Gasteiger partial charge >= 0.3 is 26.2 Å². The number of hydrogen-bond donors (Lipinski definition) is 0. The second-order valence-electron chi connectivity index (χ2n) is 1.92. The molecule has 0 aliphatic rings. The minimum atomic E-state index is 0. The van der Waals surface area contributed by atoms with Gasteiger partial charge in [-0.1, -0.05) is 0 Å². The van der Waals surface area contributed by atoms with E-state index in [0.29, 0.717) is 0 Å². The SMILES string of the molecule is [CH3-].[Zr+4].c1cc[cH-]c1.c1cc[cH-]c1. The Morgan fingerprint density at radius 3 is 0.917 bits per heavy atom. The van der Waals surface area contributed by atoms with Crippen LogP contribution in [-0.4, -0.2) is 0 Å². The molecule has 0 radical (unpaired) electrons. The van der Waals surface area contributed by atoms with Gasteiger partial charge in [-0.15, -0.1) is 0 Å². The maximum absolute atomic E-state index is 2.00. The summed E-state index contributed by atoms with van der Waals surface area (Å²) in [6.45, 7) is 0. The third-order valence-electron chi connectivity index (χ3n) is 1.11. The zero-order chi connectivity index (χ0) is 7.07. The zero-order valence-corrected chi connectivity index (χ0v) is 9.73. The summed E-state index contributed by atoms with van der Waals surface area (Å²) in [7, 11) is 0. The number of rotatable bonds is 0. The van der Waals surface area contributed by atoms with Crippen molar-refractivity contribution in [3.63, 3.8) is 0 Å². The first-order chi connectivity index (χ1) is 5.00. The predicted octanol–water partition coefficient (Wildman–Crippen LogP) is 3.26. The third kappa shape index (κ3) is 7.69. The average Bonchev–Trinajstić information content (AvgIpc) is 2.67. The molecule has 0 aliphatic heterocycles. The third-order valence-corrected chi connectivity index (χ3v) is 1.11. The fourth-order valence-electron chi connectivity index (χ4n) is 0.642. The second-order valence-corrected chi connectivity index (χ2v) is 1.92. The smallest absolute Gasteiger partial charge is 0.358 e. The summed E-state index contributed by atoms with van der Waals surface area (Å²) in [5.41, 5.74) is 0. The maximum atomic E-state index is 2.00. The first-order valence-electron chi connectivity index (χ1n) is 3.33. The van der Waals surface area contributed by atoms with E-state index in [9.17, 15) is 0 Å². The molecule has 12 heavy (non-hydrogen) atoms. The minimum Gasteiger partial charge on any atom is -0.358 e. The summed E-state index contributed by atoms with van der Waals surface area (Å²) in [6, 6.07) is 20.0. The molecule has 0 amide bonds. The Bertz CT molecular complexity index is 144. The van der Waals surface area contributed by atoms with E-state index in [0.717, 1.165) is 0 Å². The van der Waals surface area contributed by atoms with Gasteiger partial charge in [0.25, 0.3) is 0 Å². The first-order valence-corrected chi connectivity index (χ1v) is 3.33. The summed E-state index contributed by atoms with van der Waals surface area (Å²) in [5.74, 6) is 0. The van der Waals surface area contributed by atoms with Crippen molar-refractivity contribution in [2.24, 2.45) is 0 Å². The van der Waals surface area contributed by atoms with Crippen LogP contribution in [0.2, 0.25) is 0 Å². The number of hydrogen-bond acceptors (Lipinski definition) is 0. The van der Waals surface area contributed by atoms with Crippen molar-refractivity contribution in [2.75, 3.05) is 0 Å².